The van der Waals surface area contributed by atoms with Crippen LogP contribution in [-0.2, 0) is 0 Å². The minimum Gasteiger partial charge on any atom is -0.496 e. The number of para-hydroxylation sites is 1. The summed E-state index contributed by atoms with van der Waals surface area (Å²) in [7, 11) is 1.69. The summed E-state index contributed by atoms with van der Waals surface area (Å²) in [5.41, 5.74) is 2.39. The van der Waals surface area contributed by atoms with Crippen LogP contribution in [0.1, 0.15) is 22.5 Å². The highest BCUT2D eigenvalue weighted by atomic mass is 16.5. The average molecular weight is 390 g/mol. The number of pyridine rings is 1. The highest BCUT2D eigenvalue weighted by Crippen LogP contribution is 2.18. The summed E-state index contributed by atoms with van der Waals surface area (Å²) in [6, 6.07) is 13.8. The molecule has 2 aromatic heterocycles. The van der Waals surface area contributed by atoms with Gasteiger partial charge >= 0.3 is 0 Å². The van der Waals surface area contributed by atoms with Crippen LogP contribution in [0.3, 0.4) is 0 Å². The Hall–Kier alpha value is -3.12. The van der Waals surface area contributed by atoms with Gasteiger partial charge in [-0.15, -0.1) is 0 Å². The number of carbonyl (C=O) groups is 1. The van der Waals surface area contributed by atoms with Crippen molar-refractivity contribution in [3.63, 3.8) is 0 Å². The molecule has 0 saturated carbocycles. The van der Waals surface area contributed by atoms with Gasteiger partial charge in [-0.3, -0.25) is 9.69 Å². The Balaban J connectivity index is 1.35. The Kier molecular flexibility index (Phi) is 5.91. The van der Waals surface area contributed by atoms with Crippen LogP contribution < -0.4 is 4.74 Å². The third kappa shape index (κ3) is 4.49. The van der Waals surface area contributed by atoms with Crippen molar-refractivity contribution in [1.82, 2.24) is 19.2 Å². The molecule has 1 amide bonds. The lowest BCUT2D eigenvalue weighted by Gasteiger charge is -2.20. The average Bonchev–Trinajstić information content (AvgIpc) is 3.06. The second-order valence-corrected chi connectivity index (χ2v) is 7.18. The Morgan fingerprint density at radius 3 is 2.83 bits per heavy atom. The first-order valence-electron chi connectivity index (χ1n) is 9.99. The predicted octanol–water partition coefficient (Wildman–Crippen LogP) is 3.20. The van der Waals surface area contributed by atoms with Crippen LogP contribution in [0.15, 0.2) is 60.9 Å². The zero-order valence-electron chi connectivity index (χ0n) is 16.7. The van der Waals surface area contributed by atoms with Gasteiger partial charge in [0, 0.05) is 50.7 Å². The van der Waals surface area contributed by atoms with Gasteiger partial charge in [0.05, 0.1) is 7.11 Å². The first-order valence-corrected chi connectivity index (χ1v) is 9.99. The van der Waals surface area contributed by atoms with Gasteiger partial charge in [0.2, 0.25) is 0 Å². The predicted molar refractivity (Wildman–Crippen MR) is 114 cm³/mol. The van der Waals surface area contributed by atoms with E-state index in [2.05, 4.69) is 22.0 Å². The fourth-order valence-electron chi connectivity index (χ4n) is 3.69. The molecule has 29 heavy (non-hydrogen) atoms. The lowest BCUT2D eigenvalue weighted by molar-refractivity contribution is 0.0757. The molecule has 1 aliphatic heterocycles. The second-order valence-electron chi connectivity index (χ2n) is 7.18. The van der Waals surface area contributed by atoms with E-state index >= 15 is 0 Å². The monoisotopic (exact) mass is 390 g/mol. The third-order valence-corrected chi connectivity index (χ3v) is 5.26. The van der Waals surface area contributed by atoms with Crippen molar-refractivity contribution in [2.45, 2.75) is 6.42 Å². The van der Waals surface area contributed by atoms with Gasteiger partial charge in [-0.1, -0.05) is 36.4 Å². The lowest BCUT2D eigenvalue weighted by Crippen LogP contribution is -2.35. The molecule has 1 aromatic carbocycles. The molecule has 0 radical (unpaired) electrons. The maximum absolute atomic E-state index is 12.9. The van der Waals surface area contributed by atoms with Gasteiger partial charge in [-0.05, 0) is 24.6 Å². The van der Waals surface area contributed by atoms with E-state index in [9.17, 15) is 4.79 Å². The Morgan fingerprint density at radius 1 is 1.10 bits per heavy atom. The van der Waals surface area contributed by atoms with Gasteiger partial charge in [0.25, 0.3) is 5.91 Å². The van der Waals surface area contributed by atoms with E-state index in [1.807, 2.05) is 64.2 Å². The number of amides is 1. The van der Waals surface area contributed by atoms with E-state index in [4.69, 9.17) is 4.74 Å². The summed E-state index contributed by atoms with van der Waals surface area (Å²) in [6.45, 7) is 4.17. The normalized spacial score (nSPS) is 15.7. The summed E-state index contributed by atoms with van der Waals surface area (Å²) in [4.78, 5) is 21.7. The van der Waals surface area contributed by atoms with Crippen LogP contribution in [0.4, 0.5) is 0 Å². The van der Waals surface area contributed by atoms with Crippen molar-refractivity contribution < 1.29 is 9.53 Å². The highest BCUT2D eigenvalue weighted by Gasteiger charge is 2.21. The fraction of sp³-hybridized carbons (Fsp3) is 0.304. The zero-order chi connectivity index (χ0) is 20.1. The largest absolute Gasteiger partial charge is 0.496 e. The molecule has 0 bridgehead atoms. The quantitative estimate of drug-likeness (QED) is 0.671. The molecule has 1 saturated heterocycles. The summed E-state index contributed by atoms with van der Waals surface area (Å²) in [5.74, 6) is 0.893. The number of ether oxygens (including phenoxy) is 1. The van der Waals surface area contributed by atoms with Crippen molar-refractivity contribution in [2.24, 2.45) is 0 Å². The van der Waals surface area contributed by atoms with Crippen molar-refractivity contribution in [1.29, 1.82) is 0 Å². The standard InChI is InChI=1S/C23H26N4O2/c1-29-21-10-3-2-8-19(21)9-6-12-25-13-7-15-26(17-16-25)23(28)20-18-27-14-5-4-11-22(27)24-20/h2-6,8-11,14,18H,7,12-13,15-17H2,1H3/b9-6+. The highest BCUT2D eigenvalue weighted by molar-refractivity contribution is 5.93. The van der Waals surface area contributed by atoms with Crippen LogP contribution in [0, 0.1) is 0 Å². The molecule has 0 unspecified atom stereocenters. The molecule has 0 atom stereocenters. The van der Waals surface area contributed by atoms with Gasteiger partial charge in [-0.25, -0.2) is 4.98 Å². The van der Waals surface area contributed by atoms with Crippen LogP contribution >= 0.6 is 0 Å². The van der Waals surface area contributed by atoms with Gasteiger partial charge in [-0.2, -0.15) is 0 Å². The molecule has 0 aliphatic carbocycles. The first-order chi connectivity index (χ1) is 14.2. The number of aromatic nitrogens is 2. The van der Waals surface area contributed by atoms with E-state index in [1.54, 1.807) is 7.11 Å². The van der Waals surface area contributed by atoms with Gasteiger partial charge in [0.15, 0.2) is 0 Å². The maximum Gasteiger partial charge on any atom is 0.274 e. The second kappa shape index (κ2) is 8.92. The van der Waals surface area contributed by atoms with E-state index in [0.717, 1.165) is 56.1 Å². The number of hydrogen-bond acceptors (Lipinski definition) is 4. The Morgan fingerprint density at radius 2 is 1.97 bits per heavy atom. The minimum absolute atomic E-state index is 0.0140. The minimum atomic E-state index is 0.0140. The number of benzene rings is 1. The van der Waals surface area contributed by atoms with Gasteiger partial charge in [0.1, 0.15) is 17.1 Å². The molecular weight excluding hydrogens is 364 g/mol. The molecule has 4 rings (SSSR count). The molecule has 3 aromatic rings. The number of hydrogen-bond donors (Lipinski definition) is 0. The number of rotatable bonds is 5. The number of nitrogens with zero attached hydrogens (tertiary/aromatic N) is 4. The van der Waals surface area contributed by atoms with Crippen molar-refractivity contribution in [3.8, 4) is 5.75 Å². The Bertz CT molecular complexity index is 978. The van der Waals surface area contributed by atoms with Gasteiger partial charge < -0.3 is 14.0 Å². The number of carbonyl (C=O) groups excluding carboxylic acids is 1. The lowest BCUT2D eigenvalue weighted by atomic mass is 10.2. The van der Waals surface area contributed by atoms with Crippen LogP contribution in [0.2, 0.25) is 0 Å². The molecule has 150 valence electrons. The van der Waals surface area contributed by atoms with Crippen molar-refractivity contribution >= 4 is 17.6 Å². The number of imidazole rings is 1. The molecule has 0 N–H and O–H groups in total. The molecule has 3 heterocycles. The first kappa shape index (κ1) is 19.2. The summed E-state index contributed by atoms with van der Waals surface area (Å²) in [5, 5.41) is 0. The van der Waals surface area contributed by atoms with Crippen LogP contribution in [-0.4, -0.2) is 64.9 Å². The SMILES string of the molecule is COc1ccccc1/C=C/CN1CCCN(C(=O)c2cn3ccccc3n2)CC1. The number of fused-ring (bicyclic) bond motifs is 1. The molecule has 6 nitrogen and oxygen atoms in total. The summed E-state index contributed by atoms with van der Waals surface area (Å²) in [6.07, 6.45) is 8.95. The molecule has 1 aliphatic rings. The smallest absolute Gasteiger partial charge is 0.274 e. The van der Waals surface area contributed by atoms with E-state index < -0.39 is 0 Å². The zero-order valence-corrected chi connectivity index (χ0v) is 16.7. The van der Waals surface area contributed by atoms with E-state index in [-0.39, 0.29) is 5.91 Å². The van der Waals surface area contributed by atoms with Crippen molar-refractivity contribution in [2.75, 3.05) is 39.8 Å². The molecule has 0 spiro atoms. The topological polar surface area (TPSA) is 50.1 Å². The maximum atomic E-state index is 12.9. The third-order valence-electron chi connectivity index (χ3n) is 5.26. The van der Waals surface area contributed by atoms with Crippen LogP contribution in [0.5, 0.6) is 5.75 Å². The number of methoxy groups -OCH3 is 1. The summed E-state index contributed by atoms with van der Waals surface area (Å²) >= 11 is 0. The van der Waals surface area contributed by atoms with Crippen LogP contribution in [0.25, 0.3) is 11.7 Å². The molecule has 6 heteroatoms. The van der Waals surface area contributed by atoms with E-state index in [0.29, 0.717) is 5.69 Å². The summed E-state index contributed by atoms with van der Waals surface area (Å²) < 4.78 is 7.28. The fourth-order valence-corrected chi connectivity index (χ4v) is 3.69. The van der Waals surface area contributed by atoms with Crippen molar-refractivity contribution in [3.05, 3.63) is 72.2 Å². The van der Waals surface area contributed by atoms with E-state index in [1.165, 1.54) is 0 Å². The Labute approximate surface area is 171 Å². The molecular formula is C23H26N4O2. The molecule has 1 fully saturated rings.